The van der Waals surface area contributed by atoms with Crippen LogP contribution in [-0.2, 0) is 4.79 Å². The van der Waals surface area contributed by atoms with Gasteiger partial charge in [0.2, 0.25) is 0 Å². The van der Waals surface area contributed by atoms with Gasteiger partial charge in [-0.05, 0) is 31.9 Å². The molecule has 1 N–H and O–H groups in total. The Kier molecular flexibility index (Phi) is 3.18. The van der Waals surface area contributed by atoms with Crippen LogP contribution in [-0.4, -0.2) is 24.2 Å². The number of aliphatic carboxylic acids is 1. The van der Waals surface area contributed by atoms with Crippen LogP contribution in [0.15, 0.2) is 29.8 Å². The van der Waals surface area contributed by atoms with E-state index in [4.69, 9.17) is 5.11 Å². The third-order valence-electron chi connectivity index (χ3n) is 3.18. The SMILES string of the molecule is Cc1ccc(N2CC=C(C(=O)O)CC2)c(C)c1. The molecule has 0 aromatic heterocycles. The molecule has 2 rings (SSSR count). The highest BCUT2D eigenvalue weighted by molar-refractivity contribution is 5.87. The highest BCUT2D eigenvalue weighted by Crippen LogP contribution is 2.24. The summed E-state index contributed by atoms with van der Waals surface area (Å²) in [6, 6.07) is 6.37. The molecule has 0 fully saturated rings. The summed E-state index contributed by atoms with van der Waals surface area (Å²) in [7, 11) is 0. The van der Waals surface area contributed by atoms with Crippen LogP contribution in [0.5, 0.6) is 0 Å². The van der Waals surface area contributed by atoms with Gasteiger partial charge < -0.3 is 10.0 Å². The maximum absolute atomic E-state index is 10.8. The van der Waals surface area contributed by atoms with E-state index in [1.165, 1.54) is 16.8 Å². The van der Waals surface area contributed by atoms with Gasteiger partial charge in [-0.25, -0.2) is 4.79 Å². The minimum atomic E-state index is -0.787. The van der Waals surface area contributed by atoms with Gasteiger partial charge >= 0.3 is 5.97 Å². The number of aryl methyl sites for hydroxylation is 2. The van der Waals surface area contributed by atoms with E-state index in [2.05, 4.69) is 36.9 Å². The Morgan fingerprint density at radius 1 is 1.35 bits per heavy atom. The Bertz CT molecular complexity index is 477. The number of hydrogen-bond acceptors (Lipinski definition) is 2. The number of anilines is 1. The lowest BCUT2D eigenvalue weighted by Gasteiger charge is -2.28. The number of rotatable bonds is 2. The van der Waals surface area contributed by atoms with Gasteiger partial charge in [-0.15, -0.1) is 0 Å². The fourth-order valence-corrected chi connectivity index (χ4v) is 2.24. The van der Waals surface area contributed by atoms with Crippen molar-refractivity contribution in [2.24, 2.45) is 0 Å². The van der Waals surface area contributed by atoms with E-state index in [9.17, 15) is 4.79 Å². The molecule has 0 saturated heterocycles. The first-order valence-corrected chi connectivity index (χ1v) is 5.82. The average molecular weight is 231 g/mol. The molecule has 0 aliphatic carbocycles. The largest absolute Gasteiger partial charge is 0.478 e. The van der Waals surface area contributed by atoms with Gasteiger partial charge in [0.1, 0.15) is 0 Å². The lowest BCUT2D eigenvalue weighted by atomic mass is 10.1. The van der Waals surface area contributed by atoms with Crippen LogP contribution in [0.4, 0.5) is 5.69 Å². The molecule has 1 aromatic carbocycles. The average Bonchev–Trinajstić information content (AvgIpc) is 2.29. The third kappa shape index (κ3) is 2.49. The van der Waals surface area contributed by atoms with Gasteiger partial charge in [0.05, 0.1) is 0 Å². The van der Waals surface area contributed by atoms with E-state index in [1.54, 1.807) is 0 Å². The normalized spacial score (nSPS) is 15.6. The molecule has 0 atom stereocenters. The Morgan fingerprint density at radius 3 is 2.65 bits per heavy atom. The molecule has 90 valence electrons. The molecular weight excluding hydrogens is 214 g/mol. The van der Waals surface area contributed by atoms with Crippen LogP contribution in [0.25, 0.3) is 0 Å². The van der Waals surface area contributed by atoms with Crippen LogP contribution in [0, 0.1) is 13.8 Å². The molecule has 0 saturated carbocycles. The maximum Gasteiger partial charge on any atom is 0.331 e. The van der Waals surface area contributed by atoms with E-state index in [1.807, 2.05) is 6.08 Å². The molecule has 0 spiro atoms. The van der Waals surface area contributed by atoms with E-state index >= 15 is 0 Å². The summed E-state index contributed by atoms with van der Waals surface area (Å²) in [4.78, 5) is 13.0. The van der Waals surface area contributed by atoms with E-state index < -0.39 is 5.97 Å². The molecule has 3 heteroatoms. The monoisotopic (exact) mass is 231 g/mol. The number of carboxylic acids is 1. The van der Waals surface area contributed by atoms with Crippen molar-refractivity contribution < 1.29 is 9.90 Å². The van der Waals surface area contributed by atoms with Crippen molar-refractivity contribution in [1.29, 1.82) is 0 Å². The molecule has 3 nitrogen and oxygen atoms in total. The predicted molar refractivity (Wildman–Crippen MR) is 68.5 cm³/mol. The molecule has 1 heterocycles. The van der Waals surface area contributed by atoms with Gasteiger partial charge in [0.25, 0.3) is 0 Å². The lowest BCUT2D eigenvalue weighted by Crippen LogP contribution is -2.30. The Labute approximate surface area is 101 Å². The fraction of sp³-hybridized carbons (Fsp3) is 0.357. The summed E-state index contributed by atoms with van der Waals surface area (Å²) in [5.74, 6) is -0.787. The fourth-order valence-electron chi connectivity index (χ4n) is 2.24. The Hall–Kier alpha value is -1.77. The second-order valence-corrected chi connectivity index (χ2v) is 4.52. The first kappa shape index (κ1) is 11.7. The maximum atomic E-state index is 10.8. The number of benzene rings is 1. The van der Waals surface area contributed by atoms with E-state index in [0.29, 0.717) is 18.5 Å². The van der Waals surface area contributed by atoms with Crippen molar-refractivity contribution in [2.45, 2.75) is 20.3 Å². The number of nitrogens with zero attached hydrogens (tertiary/aromatic N) is 1. The molecule has 1 aliphatic heterocycles. The number of carboxylic acid groups (broad SMARTS) is 1. The topological polar surface area (TPSA) is 40.5 Å². The van der Waals surface area contributed by atoms with Gasteiger partial charge in [-0.1, -0.05) is 23.8 Å². The van der Waals surface area contributed by atoms with E-state index in [0.717, 1.165) is 6.54 Å². The second kappa shape index (κ2) is 4.62. The number of hydrogen-bond donors (Lipinski definition) is 1. The summed E-state index contributed by atoms with van der Waals surface area (Å²) in [6.45, 7) is 5.64. The first-order valence-electron chi connectivity index (χ1n) is 5.82. The van der Waals surface area contributed by atoms with Crippen molar-refractivity contribution in [3.8, 4) is 0 Å². The van der Waals surface area contributed by atoms with Crippen molar-refractivity contribution in [3.05, 3.63) is 41.0 Å². The second-order valence-electron chi connectivity index (χ2n) is 4.52. The molecule has 0 unspecified atom stereocenters. The van der Waals surface area contributed by atoms with Gasteiger partial charge in [-0.3, -0.25) is 0 Å². The predicted octanol–water partition coefficient (Wildman–Crippen LogP) is 2.52. The molecule has 1 aromatic rings. The standard InChI is InChI=1S/C14H17NO2/c1-10-3-4-13(11(2)9-10)15-7-5-12(6-8-15)14(16)17/h3-5,9H,6-8H2,1-2H3,(H,16,17). The summed E-state index contributed by atoms with van der Waals surface area (Å²) in [5.41, 5.74) is 4.24. The Morgan fingerprint density at radius 2 is 2.12 bits per heavy atom. The summed E-state index contributed by atoms with van der Waals surface area (Å²) in [5, 5.41) is 8.90. The van der Waals surface area contributed by atoms with Crippen LogP contribution in [0.1, 0.15) is 17.5 Å². The van der Waals surface area contributed by atoms with Crippen molar-refractivity contribution in [1.82, 2.24) is 0 Å². The van der Waals surface area contributed by atoms with Crippen molar-refractivity contribution >= 4 is 11.7 Å². The lowest BCUT2D eigenvalue weighted by molar-refractivity contribution is -0.132. The number of carbonyl (C=O) groups is 1. The van der Waals surface area contributed by atoms with Crippen LogP contribution >= 0.6 is 0 Å². The van der Waals surface area contributed by atoms with Crippen LogP contribution in [0.3, 0.4) is 0 Å². The first-order chi connectivity index (χ1) is 8.08. The summed E-state index contributed by atoms with van der Waals surface area (Å²) in [6.07, 6.45) is 2.42. The molecule has 1 aliphatic rings. The summed E-state index contributed by atoms with van der Waals surface area (Å²) >= 11 is 0. The minimum absolute atomic E-state index is 0.533. The molecular formula is C14H17NO2. The van der Waals surface area contributed by atoms with Crippen molar-refractivity contribution in [3.63, 3.8) is 0 Å². The highest BCUT2D eigenvalue weighted by atomic mass is 16.4. The molecule has 17 heavy (non-hydrogen) atoms. The molecule has 0 bridgehead atoms. The third-order valence-corrected chi connectivity index (χ3v) is 3.18. The van der Waals surface area contributed by atoms with E-state index in [-0.39, 0.29) is 0 Å². The smallest absolute Gasteiger partial charge is 0.331 e. The van der Waals surface area contributed by atoms with Crippen LogP contribution in [0.2, 0.25) is 0 Å². The minimum Gasteiger partial charge on any atom is -0.478 e. The Balaban J connectivity index is 2.18. The quantitative estimate of drug-likeness (QED) is 0.850. The zero-order valence-electron chi connectivity index (χ0n) is 10.2. The highest BCUT2D eigenvalue weighted by Gasteiger charge is 2.17. The zero-order valence-corrected chi connectivity index (χ0v) is 10.2. The van der Waals surface area contributed by atoms with Gasteiger partial charge in [0, 0.05) is 24.4 Å². The van der Waals surface area contributed by atoms with Crippen LogP contribution < -0.4 is 4.90 Å². The summed E-state index contributed by atoms with van der Waals surface area (Å²) < 4.78 is 0. The van der Waals surface area contributed by atoms with Gasteiger partial charge in [0.15, 0.2) is 0 Å². The van der Waals surface area contributed by atoms with Gasteiger partial charge in [-0.2, -0.15) is 0 Å². The van der Waals surface area contributed by atoms with Crippen molar-refractivity contribution in [2.75, 3.05) is 18.0 Å². The molecule has 0 radical (unpaired) electrons. The zero-order chi connectivity index (χ0) is 12.4. The molecule has 0 amide bonds.